The second kappa shape index (κ2) is 35.6. The zero-order chi connectivity index (χ0) is 50.6. The topological polar surface area (TPSA) is 307 Å². The minimum absolute atomic E-state index is 0.253. The number of ether oxygens (including phenoxy) is 6. The zero-order valence-electron chi connectivity index (χ0n) is 41.5. The number of carbonyl (C=O) groups is 1. The molecule has 3 aliphatic rings. The molecule has 0 aromatic heterocycles. The molecule has 69 heavy (non-hydrogen) atoms. The van der Waals surface area contributed by atoms with Gasteiger partial charge in [-0.2, -0.15) is 0 Å². The minimum Gasteiger partial charge on any atom is -0.394 e. The third kappa shape index (κ3) is 21.5. The van der Waals surface area contributed by atoms with Gasteiger partial charge in [-0.3, -0.25) is 4.79 Å². The van der Waals surface area contributed by atoms with Crippen LogP contribution in [-0.2, 0) is 33.2 Å². The zero-order valence-corrected chi connectivity index (χ0v) is 41.5. The maximum absolute atomic E-state index is 13.2. The van der Waals surface area contributed by atoms with Crippen molar-refractivity contribution in [2.75, 3.05) is 26.4 Å². The van der Waals surface area contributed by atoms with Gasteiger partial charge in [0.25, 0.3) is 0 Å². The number of unbranched alkanes of at least 4 members (excludes halogenated alkanes) is 19. The Morgan fingerprint density at radius 3 is 1.41 bits per heavy atom. The summed E-state index contributed by atoms with van der Waals surface area (Å²) in [5.41, 5.74) is 0. The van der Waals surface area contributed by atoms with Crippen molar-refractivity contribution in [2.24, 2.45) is 0 Å². The molecule has 12 N–H and O–H groups in total. The average molecular weight is 996 g/mol. The Hall–Kier alpha value is -1.47. The van der Waals surface area contributed by atoms with Crippen LogP contribution in [0, 0.1) is 0 Å². The van der Waals surface area contributed by atoms with E-state index in [2.05, 4.69) is 31.3 Å². The molecule has 1 amide bonds. The lowest BCUT2D eigenvalue weighted by atomic mass is 9.96. The standard InChI is InChI=1S/C50H93NO18/c1-3-5-7-9-11-12-13-14-15-16-17-18-19-20-22-24-26-28-38(56)51-33(34(55)27-25-23-21-10-8-6-4-2)32-64-48-44(62)41(59)46(36(30-53)66-48)69-50-45(63)42(60)47(37(31-54)67-50)68-49-43(61)40(58)39(57)35(29-52)65-49/h14-15,33-37,39-50,52-55,57-63H,3-13,16-32H2,1-2H3,(H,51,56)/b15-14-. The maximum Gasteiger partial charge on any atom is 0.220 e. The third-order valence-electron chi connectivity index (χ3n) is 13.6. The summed E-state index contributed by atoms with van der Waals surface area (Å²) in [7, 11) is 0. The summed E-state index contributed by atoms with van der Waals surface area (Å²) in [6, 6.07) is -0.882. The van der Waals surface area contributed by atoms with E-state index < -0.39 is 124 Å². The molecule has 406 valence electrons. The highest BCUT2D eigenvalue weighted by molar-refractivity contribution is 5.76. The molecule has 17 unspecified atom stereocenters. The fourth-order valence-corrected chi connectivity index (χ4v) is 9.13. The van der Waals surface area contributed by atoms with Crippen LogP contribution in [-0.4, -0.2) is 193 Å². The lowest BCUT2D eigenvalue weighted by Gasteiger charge is -2.48. The smallest absolute Gasteiger partial charge is 0.220 e. The number of rotatable bonds is 37. The quantitative estimate of drug-likeness (QED) is 0.0314. The Morgan fingerprint density at radius 2 is 0.913 bits per heavy atom. The van der Waals surface area contributed by atoms with Crippen molar-refractivity contribution in [2.45, 2.75) is 272 Å². The maximum atomic E-state index is 13.2. The lowest BCUT2D eigenvalue weighted by Crippen LogP contribution is -2.66. The number of hydrogen-bond donors (Lipinski definition) is 12. The number of amides is 1. The van der Waals surface area contributed by atoms with Crippen molar-refractivity contribution in [3.63, 3.8) is 0 Å². The molecule has 17 atom stereocenters. The van der Waals surface area contributed by atoms with Gasteiger partial charge in [-0.15, -0.1) is 0 Å². The Kier molecular flexibility index (Phi) is 31.9. The molecule has 3 rings (SSSR count). The van der Waals surface area contributed by atoms with Crippen LogP contribution in [0.4, 0.5) is 0 Å². The molecule has 19 nitrogen and oxygen atoms in total. The summed E-state index contributed by atoms with van der Waals surface area (Å²) in [5.74, 6) is -0.253. The van der Waals surface area contributed by atoms with Gasteiger partial charge in [0.15, 0.2) is 18.9 Å². The number of aliphatic hydroxyl groups is 11. The van der Waals surface area contributed by atoms with E-state index in [1.165, 1.54) is 64.2 Å². The van der Waals surface area contributed by atoms with Crippen molar-refractivity contribution in [1.82, 2.24) is 5.32 Å². The summed E-state index contributed by atoms with van der Waals surface area (Å²) in [6.07, 6.45) is 3.50. The van der Waals surface area contributed by atoms with Crippen LogP contribution in [0.2, 0.25) is 0 Å². The van der Waals surface area contributed by atoms with E-state index in [1.807, 2.05) is 0 Å². The average Bonchev–Trinajstić information content (AvgIpc) is 3.34. The Labute approximate surface area is 410 Å². The highest BCUT2D eigenvalue weighted by Crippen LogP contribution is 2.33. The van der Waals surface area contributed by atoms with E-state index in [-0.39, 0.29) is 18.9 Å². The predicted octanol–water partition coefficient (Wildman–Crippen LogP) is 2.26. The number of aliphatic hydroxyl groups excluding tert-OH is 11. The van der Waals surface area contributed by atoms with E-state index in [9.17, 15) is 61.0 Å². The van der Waals surface area contributed by atoms with Crippen LogP contribution in [0.1, 0.15) is 168 Å². The first kappa shape index (κ1) is 61.8. The number of nitrogens with one attached hydrogen (secondary N) is 1. The fourth-order valence-electron chi connectivity index (χ4n) is 9.13. The van der Waals surface area contributed by atoms with Gasteiger partial charge in [-0.1, -0.05) is 135 Å². The normalized spacial score (nSPS) is 32.9. The summed E-state index contributed by atoms with van der Waals surface area (Å²) in [6.45, 7) is 1.69. The summed E-state index contributed by atoms with van der Waals surface area (Å²) < 4.78 is 34.1. The summed E-state index contributed by atoms with van der Waals surface area (Å²) in [5, 5.41) is 119. The van der Waals surface area contributed by atoms with Crippen molar-refractivity contribution in [1.29, 1.82) is 0 Å². The van der Waals surface area contributed by atoms with Crippen LogP contribution >= 0.6 is 0 Å². The Morgan fingerprint density at radius 1 is 0.507 bits per heavy atom. The van der Waals surface area contributed by atoms with Crippen LogP contribution in [0.15, 0.2) is 12.2 Å². The molecule has 3 aliphatic heterocycles. The second-order valence-corrected chi connectivity index (χ2v) is 19.3. The summed E-state index contributed by atoms with van der Waals surface area (Å²) >= 11 is 0. The number of allylic oxidation sites excluding steroid dienone is 2. The molecule has 0 aromatic rings. The van der Waals surface area contributed by atoms with Crippen LogP contribution in [0.3, 0.4) is 0 Å². The molecular weight excluding hydrogens is 903 g/mol. The van der Waals surface area contributed by atoms with Gasteiger partial charge in [0.1, 0.15) is 73.2 Å². The first-order chi connectivity index (χ1) is 33.3. The highest BCUT2D eigenvalue weighted by atomic mass is 16.8. The van der Waals surface area contributed by atoms with Gasteiger partial charge >= 0.3 is 0 Å². The van der Waals surface area contributed by atoms with Gasteiger partial charge in [0, 0.05) is 6.42 Å². The Balaban J connectivity index is 1.50. The first-order valence-corrected chi connectivity index (χ1v) is 26.4. The van der Waals surface area contributed by atoms with Crippen LogP contribution in [0.25, 0.3) is 0 Å². The molecule has 0 aromatic carbocycles. The van der Waals surface area contributed by atoms with E-state index in [0.29, 0.717) is 12.8 Å². The molecule has 19 heteroatoms. The largest absolute Gasteiger partial charge is 0.394 e. The number of carbonyl (C=O) groups excluding carboxylic acids is 1. The van der Waals surface area contributed by atoms with Crippen LogP contribution < -0.4 is 5.32 Å². The molecule has 0 radical (unpaired) electrons. The van der Waals surface area contributed by atoms with Gasteiger partial charge in [0.2, 0.25) is 5.91 Å². The van der Waals surface area contributed by atoms with Crippen molar-refractivity contribution in [3.8, 4) is 0 Å². The molecule has 0 saturated carbocycles. The molecule has 3 heterocycles. The highest BCUT2D eigenvalue weighted by Gasteiger charge is 2.53. The van der Waals surface area contributed by atoms with Gasteiger partial charge in [-0.05, 0) is 38.5 Å². The molecule has 3 saturated heterocycles. The SMILES string of the molecule is CCCCCCCC/C=C\CCCCCCCCCC(=O)NC(COC1OC(CO)C(OC2OC(CO)C(OC3OC(CO)C(O)C(O)C3O)C(O)C2O)C(O)C1O)C(O)CCCCCCCCC. The first-order valence-electron chi connectivity index (χ1n) is 26.4. The van der Waals surface area contributed by atoms with Gasteiger partial charge in [0.05, 0.1) is 38.6 Å². The second-order valence-electron chi connectivity index (χ2n) is 19.3. The van der Waals surface area contributed by atoms with E-state index in [0.717, 1.165) is 70.6 Å². The molecular formula is C50H93NO18. The fraction of sp³-hybridized carbons (Fsp3) is 0.940. The molecule has 0 spiro atoms. The van der Waals surface area contributed by atoms with Crippen molar-refractivity contribution >= 4 is 5.91 Å². The van der Waals surface area contributed by atoms with E-state index >= 15 is 0 Å². The van der Waals surface area contributed by atoms with Crippen LogP contribution in [0.5, 0.6) is 0 Å². The van der Waals surface area contributed by atoms with Crippen molar-refractivity contribution < 1.29 is 89.4 Å². The molecule has 3 fully saturated rings. The van der Waals surface area contributed by atoms with E-state index in [1.54, 1.807) is 0 Å². The monoisotopic (exact) mass is 996 g/mol. The van der Waals surface area contributed by atoms with Gasteiger partial charge < -0.3 is 89.9 Å². The third-order valence-corrected chi connectivity index (χ3v) is 13.6. The Bertz CT molecular complexity index is 1330. The molecule has 0 aliphatic carbocycles. The number of hydrogen-bond acceptors (Lipinski definition) is 18. The predicted molar refractivity (Wildman–Crippen MR) is 254 cm³/mol. The minimum atomic E-state index is -1.97. The van der Waals surface area contributed by atoms with E-state index in [4.69, 9.17) is 28.4 Å². The van der Waals surface area contributed by atoms with Crippen molar-refractivity contribution in [3.05, 3.63) is 12.2 Å². The van der Waals surface area contributed by atoms with Gasteiger partial charge in [-0.25, -0.2) is 0 Å². The molecule has 0 bridgehead atoms. The lowest BCUT2D eigenvalue weighted by molar-refractivity contribution is -0.379. The summed E-state index contributed by atoms with van der Waals surface area (Å²) in [4.78, 5) is 13.2.